The molecule has 1 aromatic heterocycles. The topological polar surface area (TPSA) is 159 Å². The SMILES string of the molecule is O=[N+]([O-])c1cccc(/C=C/c2ccc3ccccc3[n+]2-c2ccccc2)c1O.[O-][Cl+3]([O-])([O-])[O-]. The summed E-state index contributed by atoms with van der Waals surface area (Å²) in [6.45, 7) is 0. The lowest BCUT2D eigenvalue weighted by atomic mass is 10.1. The molecule has 10 heteroatoms. The molecule has 0 unspecified atom stereocenters. The Morgan fingerprint density at radius 1 is 0.788 bits per heavy atom. The number of aromatic nitrogens is 1. The van der Waals surface area contributed by atoms with E-state index in [1.807, 2.05) is 66.7 Å². The van der Waals surface area contributed by atoms with Gasteiger partial charge in [0.25, 0.3) is 0 Å². The average molecular weight is 469 g/mol. The molecular formula is C23H17ClN2O7. The number of fused-ring (bicyclic) bond motifs is 1. The summed E-state index contributed by atoms with van der Waals surface area (Å²) < 4.78 is 36.1. The van der Waals surface area contributed by atoms with Crippen LogP contribution in [-0.4, -0.2) is 10.0 Å². The molecule has 9 nitrogen and oxygen atoms in total. The van der Waals surface area contributed by atoms with E-state index in [0.29, 0.717) is 5.56 Å². The number of phenolic OH excluding ortho intramolecular Hbond substituents is 1. The van der Waals surface area contributed by atoms with Gasteiger partial charge < -0.3 is 5.11 Å². The highest BCUT2D eigenvalue weighted by atomic mass is 35.7. The molecule has 0 aliphatic heterocycles. The van der Waals surface area contributed by atoms with Crippen LogP contribution >= 0.6 is 0 Å². The van der Waals surface area contributed by atoms with Crippen LogP contribution in [0.15, 0.2) is 84.9 Å². The Bertz CT molecular complexity index is 1300. The average Bonchev–Trinajstić information content (AvgIpc) is 2.77. The number of aromatic hydroxyl groups is 1. The molecule has 4 aromatic rings. The van der Waals surface area contributed by atoms with Gasteiger partial charge in [-0.3, -0.25) is 10.1 Å². The van der Waals surface area contributed by atoms with E-state index < -0.39 is 15.2 Å². The predicted octanol–water partition coefficient (Wildman–Crippen LogP) is 0.145. The summed E-state index contributed by atoms with van der Waals surface area (Å²) in [5, 5.41) is 22.3. The van der Waals surface area contributed by atoms with Crippen molar-refractivity contribution in [1.82, 2.24) is 0 Å². The maximum absolute atomic E-state index is 11.1. The van der Waals surface area contributed by atoms with Gasteiger partial charge in [0.2, 0.25) is 22.6 Å². The molecule has 0 amide bonds. The van der Waals surface area contributed by atoms with Crippen LogP contribution in [0, 0.1) is 20.4 Å². The zero-order chi connectivity index (χ0) is 24.0. The van der Waals surface area contributed by atoms with E-state index in [0.717, 1.165) is 22.3 Å². The second-order valence-corrected chi connectivity index (χ2v) is 7.43. The number of pyridine rings is 1. The van der Waals surface area contributed by atoms with E-state index in [1.54, 1.807) is 18.2 Å². The number of phenols is 1. The van der Waals surface area contributed by atoms with Crippen molar-refractivity contribution in [2.24, 2.45) is 0 Å². The molecule has 4 rings (SSSR count). The minimum absolute atomic E-state index is 0.309. The van der Waals surface area contributed by atoms with Crippen LogP contribution in [0.25, 0.3) is 28.7 Å². The van der Waals surface area contributed by atoms with Gasteiger partial charge in [-0.1, -0.05) is 42.5 Å². The van der Waals surface area contributed by atoms with Gasteiger partial charge in [-0.2, -0.15) is 4.57 Å². The third-order valence-electron chi connectivity index (χ3n) is 4.56. The Balaban J connectivity index is 0.000000555. The van der Waals surface area contributed by atoms with Gasteiger partial charge in [0.1, 0.15) is 0 Å². The normalized spacial score (nSPS) is 11.3. The molecule has 0 fully saturated rings. The van der Waals surface area contributed by atoms with Crippen LogP contribution in [0.5, 0.6) is 5.75 Å². The van der Waals surface area contributed by atoms with Crippen molar-refractivity contribution in [2.75, 3.05) is 0 Å². The van der Waals surface area contributed by atoms with Crippen molar-refractivity contribution >= 4 is 28.7 Å². The summed E-state index contributed by atoms with van der Waals surface area (Å²) in [5.74, 6) is -0.337. The molecule has 3 aromatic carbocycles. The fourth-order valence-corrected chi connectivity index (χ4v) is 3.22. The number of rotatable bonds is 4. The summed E-state index contributed by atoms with van der Waals surface area (Å²) in [6.07, 6.45) is 3.53. The number of hydrogen-bond donors (Lipinski definition) is 1. The molecular weight excluding hydrogens is 452 g/mol. The van der Waals surface area contributed by atoms with Crippen LogP contribution < -0.4 is 23.2 Å². The quantitative estimate of drug-likeness (QED) is 0.253. The van der Waals surface area contributed by atoms with E-state index in [9.17, 15) is 15.2 Å². The van der Waals surface area contributed by atoms with Gasteiger partial charge in [0.05, 0.1) is 4.92 Å². The third-order valence-corrected chi connectivity index (χ3v) is 4.56. The van der Waals surface area contributed by atoms with Gasteiger partial charge in [-0.15, -0.1) is 10.2 Å². The van der Waals surface area contributed by atoms with Gasteiger partial charge >= 0.3 is 5.69 Å². The van der Waals surface area contributed by atoms with Crippen molar-refractivity contribution in [1.29, 1.82) is 0 Å². The summed E-state index contributed by atoms with van der Waals surface area (Å²) in [6, 6.07) is 26.5. The Labute approximate surface area is 190 Å². The van der Waals surface area contributed by atoms with Crippen LogP contribution in [0.3, 0.4) is 0 Å². The highest BCUT2D eigenvalue weighted by Crippen LogP contribution is 2.30. The third kappa shape index (κ3) is 6.32. The lowest BCUT2D eigenvalue weighted by Crippen LogP contribution is -2.68. The Hall–Kier alpha value is -3.86. The smallest absolute Gasteiger partial charge is 0.311 e. The number of nitro benzene ring substituents is 1. The Morgan fingerprint density at radius 3 is 2.09 bits per heavy atom. The highest BCUT2D eigenvalue weighted by molar-refractivity contribution is 5.79. The van der Waals surface area contributed by atoms with E-state index in [-0.39, 0.29) is 11.4 Å². The molecule has 33 heavy (non-hydrogen) atoms. The van der Waals surface area contributed by atoms with Gasteiger partial charge in [0, 0.05) is 47.4 Å². The van der Waals surface area contributed by atoms with Crippen molar-refractivity contribution in [2.45, 2.75) is 0 Å². The fourth-order valence-electron chi connectivity index (χ4n) is 3.22. The first-order valence-corrected chi connectivity index (χ1v) is 10.6. The molecule has 1 N–H and O–H groups in total. The number of hydrogen-bond acceptors (Lipinski definition) is 7. The standard InChI is InChI=1S/C23H16N2O3.ClHO4/c26-23-18(8-6-12-22(23)25(27)28)14-16-20-15-13-17-7-4-5-11-21(17)24(20)19-9-2-1-3-10-19;2-1(3,4)5/h1-16H;(H,2,3,4,5). The molecule has 0 radical (unpaired) electrons. The Kier molecular flexibility index (Phi) is 7.34. The summed E-state index contributed by atoms with van der Waals surface area (Å²) in [5.41, 5.74) is 3.01. The first-order chi connectivity index (χ1) is 15.6. The van der Waals surface area contributed by atoms with Crippen LogP contribution in [-0.2, 0) is 0 Å². The van der Waals surface area contributed by atoms with Crippen LogP contribution in [0.1, 0.15) is 11.3 Å². The van der Waals surface area contributed by atoms with E-state index in [1.165, 1.54) is 6.07 Å². The number of para-hydroxylation sites is 3. The van der Waals surface area contributed by atoms with Crippen molar-refractivity contribution in [3.8, 4) is 11.4 Å². The largest absolute Gasteiger partial charge is 0.502 e. The molecule has 1 heterocycles. The molecule has 0 aliphatic rings. The Morgan fingerprint density at radius 2 is 1.42 bits per heavy atom. The zero-order valence-electron chi connectivity index (χ0n) is 16.9. The van der Waals surface area contributed by atoms with Gasteiger partial charge in [0.15, 0.2) is 0 Å². The lowest BCUT2D eigenvalue weighted by Gasteiger charge is -2.17. The fraction of sp³-hybridized carbons (Fsp3) is 0. The molecule has 168 valence electrons. The van der Waals surface area contributed by atoms with Gasteiger partial charge in [-0.25, -0.2) is 18.6 Å². The minimum atomic E-state index is -4.94. The first kappa shape index (κ1) is 23.8. The van der Waals surface area contributed by atoms with Crippen molar-refractivity contribution in [3.63, 3.8) is 0 Å². The lowest BCUT2D eigenvalue weighted by molar-refractivity contribution is -2.00. The van der Waals surface area contributed by atoms with Gasteiger partial charge in [-0.05, 0) is 18.2 Å². The number of nitrogens with zero attached hydrogens (tertiary/aromatic N) is 2. The number of nitro groups is 1. The zero-order valence-corrected chi connectivity index (χ0v) is 17.7. The van der Waals surface area contributed by atoms with Crippen molar-refractivity contribution < 1.29 is 43.5 Å². The molecule has 0 bridgehead atoms. The second-order valence-electron chi connectivity index (χ2n) is 6.67. The van der Waals surface area contributed by atoms with Crippen LogP contribution in [0.4, 0.5) is 5.69 Å². The summed E-state index contributed by atoms with van der Waals surface area (Å²) >= 11 is 0. The number of benzene rings is 3. The molecule has 0 spiro atoms. The first-order valence-electron chi connectivity index (χ1n) is 9.40. The van der Waals surface area contributed by atoms with E-state index in [2.05, 4.69) is 10.6 Å². The maximum Gasteiger partial charge on any atom is 0.311 e. The second kappa shape index (κ2) is 10.2. The van der Waals surface area contributed by atoms with Crippen molar-refractivity contribution in [3.05, 3.63) is 106 Å². The van der Waals surface area contributed by atoms with Crippen LogP contribution in [0.2, 0.25) is 0 Å². The number of halogens is 1. The monoisotopic (exact) mass is 468 g/mol. The minimum Gasteiger partial charge on any atom is -0.502 e. The maximum atomic E-state index is 11.1. The molecule has 0 atom stereocenters. The predicted molar refractivity (Wildman–Crippen MR) is 109 cm³/mol. The summed E-state index contributed by atoms with van der Waals surface area (Å²) in [7, 11) is -4.94. The summed E-state index contributed by atoms with van der Waals surface area (Å²) in [4.78, 5) is 10.5. The van der Waals surface area contributed by atoms with E-state index >= 15 is 0 Å². The molecule has 0 saturated heterocycles. The van der Waals surface area contributed by atoms with E-state index in [4.69, 9.17) is 18.6 Å². The molecule has 0 aliphatic carbocycles. The molecule has 0 saturated carbocycles. The highest BCUT2D eigenvalue weighted by Gasteiger charge is 2.18.